The summed E-state index contributed by atoms with van der Waals surface area (Å²) >= 11 is 0. The minimum absolute atomic E-state index is 0.360. The van der Waals surface area contributed by atoms with E-state index in [2.05, 4.69) is 20.3 Å². The summed E-state index contributed by atoms with van der Waals surface area (Å²) < 4.78 is 41.0. The summed E-state index contributed by atoms with van der Waals surface area (Å²) in [5.74, 6) is -0.324. The molecule has 154 valence electrons. The monoisotopic (exact) mass is 397 g/mol. The third-order valence-corrected chi connectivity index (χ3v) is 5.18. The van der Waals surface area contributed by atoms with E-state index >= 15 is 0 Å². The van der Waals surface area contributed by atoms with E-state index in [1.54, 1.807) is 18.5 Å². The number of piperidine rings is 1. The second-order valence-corrected chi connectivity index (χ2v) is 8.06. The lowest BCUT2D eigenvalue weighted by Gasteiger charge is -2.34. The highest BCUT2D eigenvalue weighted by molar-refractivity contribution is 5.48. The van der Waals surface area contributed by atoms with Gasteiger partial charge in [-0.2, -0.15) is 13.2 Å². The highest BCUT2D eigenvalue weighted by atomic mass is 19.4. The first kappa shape index (κ1) is 20.5. The molecule has 1 aliphatic rings. The van der Waals surface area contributed by atoms with Crippen molar-refractivity contribution in [3.8, 4) is 0 Å². The fraction of sp³-hybridized carbons (Fsp3) is 0.667. The number of nitrogens with zero attached hydrogens (tertiary/aromatic N) is 6. The SMILES string of the molecule is Cc1nc(C(F)(F)F)nc(N2CCC(Cn3cc(C(C)(C)N)nn3)CC2)c1C. The molecule has 2 aromatic rings. The number of alkyl halides is 3. The zero-order chi connectivity index (χ0) is 20.7. The van der Waals surface area contributed by atoms with Crippen LogP contribution in [0.5, 0.6) is 0 Å². The lowest BCUT2D eigenvalue weighted by molar-refractivity contribution is -0.145. The van der Waals surface area contributed by atoms with Gasteiger partial charge in [0.05, 0.1) is 11.7 Å². The van der Waals surface area contributed by atoms with Crippen LogP contribution in [-0.4, -0.2) is 38.1 Å². The minimum atomic E-state index is -4.55. The predicted octanol–water partition coefficient (Wildman–Crippen LogP) is 2.81. The van der Waals surface area contributed by atoms with Gasteiger partial charge in [-0.05, 0) is 46.5 Å². The van der Waals surface area contributed by atoms with Crippen LogP contribution in [0, 0.1) is 19.8 Å². The lowest BCUT2D eigenvalue weighted by Crippen LogP contribution is -2.36. The quantitative estimate of drug-likeness (QED) is 0.854. The van der Waals surface area contributed by atoms with Crippen LogP contribution >= 0.6 is 0 Å². The van der Waals surface area contributed by atoms with E-state index in [4.69, 9.17) is 5.73 Å². The second kappa shape index (κ2) is 7.31. The van der Waals surface area contributed by atoms with Crippen LogP contribution in [-0.2, 0) is 18.3 Å². The van der Waals surface area contributed by atoms with E-state index in [1.165, 1.54) is 0 Å². The van der Waals surface area contributed by atoms with Crippen molar-refractivity contribution >= 4 is 5.82 Å². The minimum Gasteiger partial charge on any atom is -0.356 e. The van der Waals surface area contributed by atoms with E-state index in [9.17, 15) is 13.2 Å². The molecule has 1 fully saturated rings. The van der Waals surface area contributed by atoms with Gasteiger partial charge in [-0.1, -0.05) is 5.21 Å². The Morgan fingerprint density at radius 1 is 1.14 bits per heavy atom. The van der Waals surface area contributed by atoms with Gasteiger partial charge < -0.3 is 10.6 Å². The molecule has 0 spiro atoms. The van der Waals surface area contributed by atoms with Crippen molar-refractivity contribution in [2.24, 2.45) is 11.7 Å². The molecular formula is C18H26F3N7. The van der Waals surface area contributed by atoms with E-state index in [0.29, 0.717) is 42.6 Å². The van der Waals surface area contributed by atoms with Crippen molar-refractivity contribution < 1.29 is 13.2 Å². The average molecular weight is 397 g/mol. The Hall–Kier alpha value is -2.23. The zero-order valence-electron chi connectivity index (χ0n) is 16.6. The molecule has 1 aliphatic heterocycles. The van der Waals surface area contributed by atoms with Gasteiger partial charge in [-0.25, -0.2) is 9.97 Å². The van der Waals surface area contributed by atoms with Crippen LogP contribution in [0.15, 0.2) is 6.20 Å². The second-order valence-electron chi connectivity index (χ2n) is 8.06. The van der Waals surface area contributed by atoms with Crippen molar-refractivity contribution in [2.45, 2.75) is 58.8 Å². The van der Waals surface area contributed by atoms with Crippen LogP contribution in [0.3, 0.4) is 0 Å². The third-order valence-electron chi connectivity index (χ3n) is 5.18. The third kappa shape index (κ3) is 4.43. The maximum absolute atomic E-state index is 13.1. The highest BCUT2D eigenvalue weighted by Crippen LogP contribution is 2.32. The number of aryl methyl sites for hydroxylation is 1. The fourth-order valence-electron chi connectivity index (χ4n) is 3.32. The standard InChI is InChI=1S/C18H26F3N7/c1-11-12(2)23-16(18(19,20)21)24-15(11)27-7-5-13(6-8-27)9-28-10-14(25-26-28)17(3,4)22/h10,13H,5-9,22H2,1-4H3. The molecule has 2 N–H and O–H groups in total. The Kier molecular flexibility index (Phi) is 5.35. The van der Waals surface area contributed by atoms with Crippen LogP contribution in [0.4, 0.5) is 19.0 Å². The maximum atomic E-state index is 13.1. The summed E-state index contributed by atoms with van der Waals surface area (Å²) in [7, 11) is 0. The summed E-state index contributed by atoms with van der Waals surface area (Å²) in [6, 6.07) is 0. The predicted molar refractivity (Wildman–Crippen MR) is 98.7 cm³/mol. The molecule has 7 nitrogen and oxygen atoms in total. The Balaban J connectivity index is 1.67. The normalized spacial score (nSPS) is 16.6. The summed E-state index contributed by atoms with van der Waals surface area (Å²) in [5.41, 5.74) is 7.28. The summed E-state index contributed by atoms with van der Waals surface area (Å²) in [6.07, 6.45) is -1.01. The molecule has 0 unspecified atom stereocenters. The fourth-order valence-corrected chi connectivity index (χ4v) is 3.32. The van der Waals surface area contributed by atoms with Crippen molar-refractivity contribution in [3.63, 3.8) is 0 Å². The lowest BCUT2D eigenvalue weighted by atomic mass is 9.96. The topological polar surface area (TPSA) is 85.8 Å². The number of aromatic nitrogens is 5. The molecule has 0 amide bonds. The van der Waals surface area contributed by atoms with Crippen LogP contribution < -0.4 is 10.6 Å². The number of nitrogens with two attached hydrogens (primary N) is 1. The summed E-state index contributed by atoms with van der Waals surface area (Å²) in [4.78, 5) is 9.34. The molecule has 0 aliphatic carbocycles. The van der Waals surface area contributed by atoms with Gasteiger partial charge in [0.1, 0.15) is 11.5 Å². The molecule has 0 radical (unpaired) electrons. The van der Waals surface area contributed by atoms with Gasteiger partial charge in [-0.3, -0.25) is 4.68 Å². The number of hydrogen-bond acceptors (Lipinski definition) is 6. The number of rotatable bonds is 4. The van der Waals surface area contributed by atoms with Crippen LogP contribution in [0.25, 0.3) is 0 Å². The van der Waals surface area contributed by atoms with Crippen molar-refractivity contribution in [1.29, 1.82) is 0 Å². The Morgan fingerprint density at radius 3 is 2.32 bits per heavy atom. The zero-order valence-corrected chi connectivity index (χ0v) is 16.6. The molecule has 0 atom stereocenters. The first-order valence-electron chi connectivity index (χ1n) is 9.32. The average Bonchev–Trinajstić information content (AvgIpc) is 3.06. The van der Waals surface area contributed by atoms with Gasteiger partial charge in [-0.15, -0.1) is 5.10 Å². The maximum Gasteiger partial charge on any atom is 0.451 e. The van der Waals surface area contributed by atoms with Gasteiger partial charge in [0.25, 0.3) is 0 Å². The molecule has 10 heteroatoms. The molecule has 3 heterocycles. The van der Waals surface area contributed by atoms with Crippen LogP contribution in [0.2, 0.25) is 0 Å². The molecule has 0 aromatic carbocycles. The van der Waals surface area contributed by atoms with Crippen LogP contribution in [0.1, 0.15) is 49.5 Å². The van der Waals surface area contributed by atoms with E-state index < -0.39 is 17.5 Å². The van der Waals surface area contributed by atoms with E-state index in [0.717, 1.165) is 18.5 Å². The smallest absolute Gasteiger partial charge is 0.356 e. The molecule has 28 heavy (non-hydrogen) atoms. The Labute approximate surface area is 162 Å². The highest BCUT2D eigenvalue weighted by Gasteiger charge is 2.36. The molecule has 3 rings (SSSR count). The van der Waals surface area contributed by atoms with Crippen molar-refractivity contribution in [1.82, 2.24) is 25.0 Å². The van der Waals surface area contributed by atoms with Gasteiger partial charge in [0.2, 0.25) is 5.82 Å². The summed E-state index contributed by atoms with van der Waals surface area (Å²) in [5, 5.41) is 8.27. The summed E-state index contributed by atoms with van der Waals surface area (Å²) in [6.45, 7) is 9.10. The molecule has 1 saturated heterocycles. The first-order valence-corrected chi connectivity index (χ1v) is 9.32. The first-order chi connectivity index (χ1) is 12.9. The molecule has 0 bridgehead atoms. The number of anilines is 1. The van der Waals surface area contributed by atoms with Gasteiger partial charge >= 0.3 is 6.18 Å². The number of halogens is 3. The largest absolute Gasteiger partial charge is 0.451 e. The van der Waals surface area contributed by atoms with E-state index in [-0.39, 0.29) is 0 Å². The molecular weight excluding hydrogens is 371 g/mol. The molecule has 0 saturated carbocycles. The Morgan fingerprint density at radius 2 is 1.79 bits per heavy atom. The number of hydrogen-bond donors (Lipinski definition) is 1. The van der Waals surface area contributed by atoms with Gasteiger partial charge in [0.15, 0.2) is 0 Å². The van der Waals surface area contributed by atoms with Gasteiger partial charge in [0, 0.05) is 30.9 Å². The van der Waals surface area contributed by atoms with E-state index in [1.807, 2.05) is 24.9 Å². The Bertz CT molecular complexity index is 831. The van der Waals surface area contributed by atoms with Crippen molar-refractivity contribution in [3.05, 3.63) is 29.0 Å². The van der Waals surface area contributed by atoms with Crippen molar-refractivity contribution in [2.75, 3.05) is 18.0 Å². The molecule has 2 aromatic heterocycles.